The standard InChI is InChI=1S/C26H28ClF3N2O4S/c1-25(2,3)15-22(33)32-11-8-16(9-12-32)23-19-7-6-18(27)13-17(19)14-21(20-5-4-10-31-24(20)23)36-37(34,35)26(28,29)30/h4-7,10,13-14,16,23H,8-9,11-12,15H2,1-3H3. The Kier molecular flexibility index (Phi) is 7.38. The number of amides is 1. The van der Waals surface area contributed by atoms with Gasteiger partial charge in [0.1, 0.15) is 0 Å². The van der Waals surface area contributed by atoms with E-state index in [1.54, 1.807) is 18.2 Å². The monoisotopic (exact) mass is 556 g/mol. The number of rotatable bonds is 4. The van der Waals surface area contributed by atoms with E-state index in [-0.39, 0.29) is 28.7 Å². The number of benzene rings is 1. The number of halogens is 4. The summed E-state index contributed by atoms with van der Waals surface area (Å²) in [5, 5.41) is 0.341. The molecule has 6 nitrogen and oxygen atoms in total. The fourth-order valence-corrected chi connectivity index (χ4v) is 5.60. The number of carbonyl (C=O) groups is 1. The van der Waals surface area contributed by atoms with E-state index in [9.17, 15) is 26.4 Å². The summed E-state index contributed by atoms with van der Waals surface area (Å²) in [6.45, 7) is 7.12. The second-order valence-electron chi connectivity index (χ2n) is 10.6. The van der Waals surface area contributed by atoms with E-state index in [2.05, 4.69) is 9.17 Å². The first-order valence-corrected chi connectivity index (χ1v) is 13.7. The van der Waals surface area contributed by atoms with E-state index in [0.717, 1.165) is 5.56 Å². The highest BCUT2D eigenvalue weighted by atomic mass is 35.5. The third kappa shape index (κ3) is 5.95. The molecule has 0 bridgehead atoms. The molecule has 2 aliphatic rings. The molecule has 1 aliphatic heterocycles. The number of hydrogen-bond donors (Lipinski definition) is 0. The Morgan fingerprint density at radius 2 is 1.84 bits per heavy atom. The Bertz CT molecular complexity index is 1330. The van der Waals surface area contributed by atoms with Gasteiger partial charge in [0.05, 0.1) is 5.69 Å². The molecule has 0 N–H and O–H groups in total. The van der Waals surface area contributed by atoms with Gasteiger partial charge in [-0.1, -0.05) is 38.4 Å². The highest BCUT2D eigenvalue weighted by Gasteiger charge is 2.49. The molecule has 1 aromatic heterocycles. The van der Waals surface area contributed by atoms with Gasteiger partial charge >= 0.3 is 15.6 Å². The van der Waals surface area contributed by atoms with Crippen LogP contribution in [0.5, 0.6) is 0 Å². The number of alkyl halides is 3. The van der Waals surface area contributed by atoms with Crippen LogP contribution in [-0.2, 0) is 19.1 Å². The van der Waals surface area contributed by atoms with E-state index in [1.807, 2.05) is 25.7 Å². The lowest BCUT2D eigenvalue weighted by molar-refractivity contribution is -0.134. The fourth-order valence-electron chi connectivity index (χ4n) is 4.95. The molecule has 200 valence electrons. The average Bonchev–Trinajstić information content (AvgIpc) is 2.91. The van der Waals surface area contributed by atoms with E-state index in [1.165, 1.54) is 24.4 Å². The van der Waals surface area contributed by atoms with Crippen LogP contribution in [0.25, 0.3) is 11.8 Å². The maximum absolute atomic E-state index is 13.2. The molecule has 0 radical (unpaired) electrons. The van der Waals surface area contributed by atoms with Crippen LogP contribution >= 0.6 is 11.6 Å². The molecule has 1 fully saturated rings. The lowest BCUT2D eigenvalue weighted by atomic mass is 9.76. The molecule has 1 atom stereocenters. The smallest absolute Gasteiger partial charge is 0.375 e. The Hall–Kier alpha value is -2.59. The summed E-state index contributed by atoms with van der Waals surface area (Å²) in [6.07, 6.45) is 4.52. The van der Waals surface area contributed by atoms with Gasteiger partial charge in [-0.3, -0.25) is 9.78 Å². The minimum atomic E-state index is -5.92. The summed E-state index contributed by atoms with van der Waals surface area (Å²) in [5.74, 6) is -0.745. The van der Waals surface area contributed by atoms with Gasteiger partial charge in [-0.2, -0.15) is 21.6 Å². The zero-order valence-electron chi connectivity index (χ0n) is 20.7. The Labute approximate surface area is 219 Å². The van der Waals surface area contributed by atoms with Gasteiger partial charge < -0.3 is 9.08 Å². The van der Waals surface area contributed by atoms with Crippen LogP contribution in [0, 0.1) is 11.3 Å². The Balaban J connectivity index is 1.73. The van der Waals surface area contributed by atoms with E-state index in [0.29, 0.717) is 48.6 Å². The molecular formula is C26H28ClF3N2O4S. The molecular weight excluding hydrogens is 529 g/mol. The molecule has 0 spiro atoms. The quantitative estimate of drug-likeness (QED) is 0.330. The van der Waals surface area contributed by atoms with Crippen molar-refractivity contribution in [1.82, 2.24) is 9.88 Å². The number of aromatic nitrogens is 1. The minimum Gasteiger partial charge on any atom is -0.375 e. The SMILES string of the molecule is CC(C)(C)CC(=O)N1CCC(C2c3ccc(Cl)cc3C=C(OS(=O)(=O)C(F)(F)F)c3cccnc32)CC1. The van der Waals surface area contributed by atoms with Gasteiger partial charge in [0, 0.05) is 42.2 Å². The van der Waals surface area contributed by atoms with Crippen LogP contribution in [0.4, 0.5) is 13.2 Å². The molecule has 37 heavy (non-hydrogen) atoms. The van der Waals surface area contributed by atoms with Gasteiger partial charge in [0.2, 0.25) is 5.91 Å². The fraction of sp³-hybridized carbons (Fsp3) is 0.462. The van der Waals surface area contributed by atoms with Crippen LogP contribution in [-0.4, -0.2) is 42.8 Å². The minimum absolute atomic E-state index is 0.000708. The number of nitrogens with zero attached hydrogens (tertiary/aromatic N) is 2. The molecule has 1 unspecified atom stereocenters. The Morgan fingerprint density at radius 3 is 2.46 bits per heavy atom. The first kappa shape index (κ1) is 27.4. The summed E-state index contributed by atoms with van der Waals surface area (Å²) in [5.41, 5.74) is -3.92. The molecule has 1 amide bonds. The number of carbonyl (C=O) groups excluding carboxylic acids is 1. The third-order valence-corrected chi connectivity index (χ3v) is 7.80. The second kappa shape index (κ2) is 9.94. The van der Waals surface area contributed by atoms with Gasteiger partial charge in [0.15, 0.2) is 5.76 Å². The van der Waals surface area contributed by atoms with Crippen molar-refractivity contribution in [3.05, 3.63) is 63.9 Å². The van der Waals surface area contributed by atoms with Gasteiger partial charge in [-0.05, 0) is 65.6 Å². The van der Waals surface area contributed by atoms with Crippen molar-refractivity contribution in [2.24, 2.45) is 11.3 Å². The van der Waals surface area contributed by atoms with Crippen molar-refractivity contribution < 1.29 is 30.6 Å². The van der Waals surface area contributed by atoms with Crippen molar-refractivity contribution >= 4 is 39.5 Å². The highest BCUT2D eigenvalue weighted by molar-refractivity contribution is 7.87. The Morgan fingerprint density at radius 1 is 1.16 bits per heavy atom. The number of pyridine rings is 1. The highest BCUT2D eigenvalue weighted by Crippen LogP contribution is 2.46. The van der Waals surface area contributed by atoms with Crippen molar-refractivity contribution in [1.29, 1.82) is 0 Å². The predicted octanol–water partition coefficient (Wildman–Crippen LogP) is 6.22. The second-order valence-corrected chi connectivity index (χ2v) is 12.6. The van der Waals surface area contributed by atoms with Crippen molar-refractivity contribution in [3.8, 4) is 0 Å². The summed E-state index contributed by atoms with van der Waals surface area (Å²) in [7, 11) is -5.92. The summed E-state index contributed by atoms with van der Waals surface area (Å²) in [4.78, 5) is 19.1. The van der Waals surface area contributed by atoms with E-state index in [4.69, 9.17) is 11.6 Å². The molecule has 1 aliphatic carbocycles. The van der Waals surface area contributed by atoms with Crippen molar-refractivity contribution in [2.45, 2.75) is 51.5 Å². The number of hydrogen-bond acceptors (Lipinski definition) is 5. The van der Waals surface area contributed by atoms with Crippen LogP contribution in [0.3, 0.4) is 0 Å². The molecule has 1 aromatic carbocycles. The normalized spacial score (nSPS) is 18.9. The predicted molar refractivity (Wildman–Crippen MR) is 135 cm³/mol. The van der Waals surface area contributed by atoms with Gasteiger partial charge in [0.25, 0.3) is 0 Å². The topological polar surface area (TPSA) is 76.6 Å². The largest absolute Gasteiger partial charge is 0.534 e. The lowest BCUT2D eigenvalue weighted by Crippen LogP contribution is -2.41. The van der Waals surface area contributed by atoms with Crippen molar-refractivity contribution in [3.63, 3.8) is 0 Å². The zero-order valence-corrected chi connectivity index (χ0v) is 22.3. The molecule has 2 aromatic rings. The molecule has 0 saturated carbocycles. The van der Waals surface area contributed by atoms with Crippen molar-refractivity contribution in [2.75, 3.05) is 13.1 Å². The number of fused-ring (bicyclic) bond motifs is 2. The zero-order chi connectivity index (χ0) is 27.2. The van der Waals surface area contributed by atoms with Crippen LogP contribution in [0.2, 0.25) is 5.02 Å². The average molecular weight is 557 g/mol. The summed E-state index contributed by atoms with van der Waals surface area (Å²) in [6, 6.07) is 8.06. The summed E-state index contributed by atoms with van der Waals surface area (Å²) >= 11 is 6.21. The molecule has 4 rings (SSSR count). The number of piperidine rings is 1. The lowest BCUT2D eigenvalue weighted by Gasteiger charge is -2.37. The van der Waals surface area contributed by atoms with Gasteiger partial charge in [-0.15, -0.1) is 0 Å². The number of likely N-dealkylation sites (tertiary alicyclic amines) is 1. The van der Waals surface area contributed by atoms with Crippen LogP contribution in [0.1, 0.15) is 68.3 Å². The molecule has 2 heterocycles. The van der Waals surface area contributed by atoms with Gasteiger partial charge in [-0.25, -0.2) is 0 Å². The molecule has 11 heteroatoms. The summed E-state index contributed by atoms with van der Waals surface area (Å²) < 4.78 is 68.1. The first-order valence-electron chi connectivity index (χ1n) is 11.9. The van der Waals surface area contributed by atoms with Crippen LogP contribution < -0.4 is 0 Å². The van der Waals surface area contributed by atoms with E-state index < -0.39 is 21.4 Å². The first-order chi connectivity index (χ1) is 17.2. The third-order valence-electron chi connectivity index (χ3n) is 6.60. The molecule has 1 saturated heterocycles. The maximum Gasteiger partial charge on any atom is 0.534 e. The maximum atomic E-state index is 13.2. The van der Waals surface area contributed by atoms with Crippen LogP contribution in [0.15, 0.2) is 36.5 Å². The van der Waals surface area contributed by atoms with E-state index >= 15 is 0 Å².